The second kappa shape index (κ2) is 5.30. The molecule has 104 valence electrons. The summed E-state index contributed by atoms with van der Waals surface area (Å²) in [5, 5.41) is 19.0. The molecule has 2 rings (SSSR count). The molecule has 0 saturated heterocycles. The summed E-state index contributed by atoms with van der Waals surface area (Å²) in [4.78, 5) is 26.6. The average molecular weight is 293 g/mol. The number of hydrogen-bond donors (Lipinski definition) is 2. The van der Waals surface area contributed by atoms with Crippen LogP contribution in [0, 0.1) is 0 Å². The average Bonchev–Trinajstić information content (AvgIpc) is 2.84. The fourth-order valence-electron chi connectivity index (χ4n) is 1.64. The molecule has 0 aliphatic heterocycles. The van der Waals surface area contributed by atoms with Crippen LogP contribution in [-0.2, 0) is 0 Å². The zero-order chi connectivity index (χ0) is 14.9. The molecule has 0 fully saturated rings. The van der Waals surface area contributed by atoms with Crippen LogP contribution in [0.1, 0.15) is 27.1 Å². The lowest BCUT2D eigenvalue weighted by atomic mass is 10.2. The van der Waals surface area contributed by atoms with Gasteiger partial charge in [0.2, 0.25) is 0 Å². The molecule has 20 heavy (non-hydrogen) atoms. The first-order valence-electron chi connectivity index (χ1n) is 5.56. The lowest BCUT2D eigenvalue weighted by Crippen LogP contribution is -2.03. The molecule has 0 aliphatic rings. The molecular weight excluding hydrogens is 282 g/mol. The van der Waals surface area contributed by atoms with Crippen molar-refractivity contribution in [3.8, 4) is 22.1 Å². The van der Waals surface area contributed by atoms with Crippen molar-refractivity contribution in [1.82, 2.24) is 4.98 Å². The van der Waals surface area contributed by atoms with Gasteiger partial charge in [-0.05, 0) is 18.2 Å². The maximum Gasteiger partial charge on any atom is 0.356 e. The Hall–Kier alpha value is -2.41. The fourth-order valence-corrected chi connectivity index (χ4v) is 2.59. The zero-order valence-electron chi connectivity index (χ0n) is 10.7. The van der Waals surface area contributed by atoms with E-state index in [4.69, 9.17) is 9.84 Å². The SMILES string of the molecule is COc1cc(-c2nc(C(=O)O)c(C(C)=O)s2)ccc1O. The third-order valence-electron chi connectivity index (χ3n) is 2.58. The van der Waals surface area contributed by atoms with Crippen molar-refractivity contribution in [2.75, 3.05) is 7.11 Å². The van der Waals surface area contributed by atoms with Gasteiger partial charge in [0.1, 0.15) is 9.88 Å². The van der Waals surface area contributed by atoms with Gasteiger partial charge in [-0.1, -0.05) is 0 Å². The van der Waals surface area contributed by atoms with E-state index in [-0.39, 0.29) is 27.9 Å². The van der Waals surface area contributed by atoms with Crippen molar-refractivity contribution in [2.45, 2.75) is 6.92 Å². The van der Waals surface area contributed by atoms with Gasteiger partial charge in [-0.3, -0.25) is 4.79 Å². The number of carbonyl (C=O) groups excluding carboxylic acids is 1. The number of ketones is 1. The maximum atomic E-state index is 11.4. The maximum absolute atomic E-state index is 11.4. The number of nitrogens with zero attached hydrogens (tertiary/aromatic N) is 1. The van der Waals surface area contributed by atoms with Crippen molar-refractivity contribution in [3.05, 3.63) is 28.8 Å². The van der Waals surface area contributed by atoms with E-state index in [2.05, 4.69) is 4.98 Å². The minimum atomic E-state index is -1.25. The monoisotopic (exact) mass is 293 g/mol. The number of aromatic carboxylic acids is 1. The zero-order valence-corrected chi connectivity index (χ0v) is 11.5. The van der Waals surface area contributed by atoms with Gasteiger partial charge in [-0.15, -0.1) is 11.3 Å². The van der Waals surface area contributed by atoms with Crippen molar-refractivity contribution in [2.24, 2.45) is 0 Å². The van der Waals surface area contributed by atoms with Crippen LogP contribution < -0.4 is 4.74 Å². The van der Waals surface area contributed by atoms with E-state index in [1.165, 1.54) is 26.2 Å². The van der Waals surface area contributed by atoms with Crippen molar-refractivity contribution in [1.29, 1.82) is 0 Å². The highest BCUT2D eigenvalue weighted by atomic mass is 32.1. The van der Waals surface area contributed by atoms with Crippen LogP contribution in [0.2, 0.25) is 0 Å². The van der Waals surface area contributed by atoms with E-state index in [1.807, 2.05) is 0 Å². The molecule has 0 spiro atoms. The number of rotatable bonds is 4. The van der Waals surface area contributed by atoms with Crippen molar-refractivity contribution < 1.29 is 24.5 Å². The van der Waals surface area contributed by atoms with E-state index < -0.39 is 5.97 Å². The summed E-state index contributed by atoms with van der Waals surface area (Å²) < 4.78 is 4.98. The molecule has 0 bridgehead atoms. The molecule has 0 amide bonds. The van der Waals surface area contributed by atoms with Crippen LogP contribution >= 0.6 is 11.3 Å². The summed E-state index contributed by atoms with van der Waals surface area (Å²) in [7, 11) is 1.41. The molecule has 0 atom stereocenters. The highest BCUT2D eigenvalue weighted by Gasteiger charge is 2.21. The topological polar surface area (TPSA) is 96.7 Å². The second-order valence-corrected chi connectivity index (χ2v) is 4.94. The van der Waals surface area contributed by atoms with Crippen molar-refractivity contribution >= 4 is 23.1 Å². The summed E-state index contributed by atoms with van der Waals surface area (Å²) in [6, 6.07) is 4.53. The van der Waals surface area contributed by atoms with Crippen LogP contribution in [-0.4, -0.2) is 34.1 Å². The molecular formula is C13H11NO5S. The van der Waals surface area contributed by atoms with E-state index in [1.54, 1.807) is 6.07 Å². The smallest absolute Gasteiger partial charge is 0.356 e. The predicted octanol–water partition coefficient (Wildman–Crippen LogP) is 2.43. The Kier molecular flexibility index (Phi) is 3.71. The van der Waals surface area contributed by atoms with Gasteiger partial charge in [0, 0.05) is 12.5 Å². The quantitative estimate of drug-likeness (QED) is 0.840. The lowest BCUT2D eigenvalue weighted by molar-refractivity contribution is 0.0687. The number of phenolic OH excluding ortho intramolecular Hbond substituents is 1. The molecule has 1 heterocycles. The Morgan fingerprint density at radius 2 is 2.05 bits per heavy atom. The third-order valence-corrected chi connectivity index (χ3v) is 3.78. The molecule has 1 aromatic carbocycles. The van der Waals surface area contributed by atoms with E-state index in [0.717, 1.165) is 11.3 Å². The minimum Gasteiger partial charge on any atom is -0.504 e. The summed E-state index contributed by atoms with van der Waals surface area (Å²) in [6.45, 7) is 1.29. The van der Waals surface area contributed by atoms with Crippen LogP contribution in [0.3, 0.4) is 0 Å². The second-order valence-electron chi connectivity index (χ2n) is 3.94. The normalized spacial score (nSPS) is 10.3. The van der Waals surface area contributed by atoms with Gasteiger partial charge >= 0.3 is 5.97 Å². The largest absolute Gasteiger partial charge is 0.504 e. The van der Waals surface area contributed by atoms with E-state index in [9.17, 15) is 14.7 Å². The van der Waals surface area contributed by atoms with Gasteiger partial charge in [0.05, 0.1) is 7.11 Å². The number of benzene rings is 1. The standard InChI is InChI=1S/C13H11NO5S/c1-6(15)11-10(13(17)18)14-12(20-11)7-3-4-8(16)9(5-7)19-2/h3-5,16H,1-2H3,(H,17,18). The van der Waals surface area contributed by atoms with Crippen LogP contribution in [0.4, 0.5) is 0 Å². The Morgan fingerprint density at radius 1 is 1.35 bits per heavy atom. The fraction of sp³-hybridized carbons (Fsp3) is 0.154. The van der Waals surface area contributed by atoms with Gasteiger partial charge in [-0.2, -0.15) is 0 Å². The minimum absolute atomic E-state index is 0.0296. The third kappa shape index (κ3) is 2.48. The molecule has 2 N–H and O–H groups in total. The van der Waals surface area contributed by atoms with Crippen molar-refractivity contribution in [3.63, 3.8) is 0 Å². The number of carbonyl (C=O) groups is 2. The van der Waals surface area contributed by atoms with Crippen LogP contribution in [0.15, 0.2) is 18.2 Å². The molecule has 0 unspecified atom stereocenters. The predicted molar refractivity (Wildman–Crippen MR) is 72.7 cm³/mol. The summed E-state index contributed by atoms with van der Waals surface area (Å²) >= 11 is 0.995. The molecule has 0 aliphatic carbocycles. The molecule has 0 radical (unpaired) electrons. The Morgan fingerprint density at radius 3 is 2.55 bits per heavy atom. The highest BCUT2D eigenvalue weighted by molar-refractivity contribution is 7.17. The van der Waals surface area contributed by atoms with Crippen LogP contribution in [0.25, 0.3) is 10.6 Å². The van der Waals surface area contributed by atoms with E-state index >= 15 is 0 Å². The summed E-state index contributed by atoms with van der Waals surface area (Å²) in [6.07, 6.45) is 0. The molecule has 6 nitrogen and oxygen atoms in total. The van der Waals surface area contributed by atoms with Gasteiger partial charge in [0.25, 0.3) is 0 Å². The number of Topliss-reactive ketones (excluding diaryl/α,β-unsaturated/α-hetero) is 1. The first-order chi connectivity index (χ1) is 9.43. The number of thiazole rings is 1. The molecule has 1 aromatic heterocycles. The number of carboxylic acids is 1. The highest BCUT2D eigenvalue weighted by Crippen LogP contribution is 2.34. The lowest BCUT2D eigenvalue weighted by Gasteiger charge is -2.04. The number of hydrogen-bond acceptors (Lipinski definition) is 6. The number of ether oxygens (including phenoxy) is 1. The van der Waals surface area contributed by atoms with Crippen LogP contribution in [0.5, 0.6) is 11.5 Å². The molecule has 2 aromatic rings. The summed E-state index contributed by atoms with van der Waals surface area (Å²) in [5.41, 5.74) is 0.309. The Labute approximate surface area is 118 Å². The number of aromatic hydroxyl groups is 1. The van der Waals surface area contributed by atoms with Gasteiger partial charge < -0.3 is 14.9 Å². The van der Waals surface area contributed by atoms with E-state index in [0.29, 0.717) is 10.6 Å². The number of methoxy groups -OCH3 is 1. The first kappa shape index (κ1) is 14.0. The number of carboxylic acid groups (broad SMARTS) is 1. The number of phenols is 1. The molecule has 7 heteroatoms. The Bertz CT molecular complexity index is 661. The number of aromatic nitrogens is 1. The van der Waals surface area contributed by atoms with Gasteiger partial charge in [0.15, 0.2) is 23.0 Å². The summed E-state index contributed by atoms with van der Waals surface area (Å²) in [5.74, 6) is -1.38. The van der Waals surface area contributed by atoms with Gasteiger partial charge in [-0.25, -0.2) is 9.78 Å². The first-order valence-corrected chi connectivity index (χ1v) is 6.38. The molecule has 0 saturated carbocycles. The Balaban J connectivity index is 2.56.